The molecule has 0 spiro atoms. The van der Waals surface area contributed by atoms with Crippen LogP contribution in [0.1, 0.15) is 39.3 Å². The summed E-state index contributed by atoms with van der Waals surface area (Å²) < 4.78 is 45.9. The summed E-state index contributed by atoms with van der Waals surface area (Å²) in [5, 5.41) is 0. The second-order valence-electron chi connectivity index (χ2n) is 5.65. The van der Waals surface area contributed by atoms with Gasteiger partial charge in [0.05, 0.1) is 12.1 Å². The van der Waals surface area contributed by atoms with E-state index < -0.39 is 29.6 Å². The van der Waals surface area contributed by atoms with Crippen LogP contribution in [0.5, 0.6) is 0 Å². The van der Waals surface area contributed by atoms with Crippen molar-refractivity contribution in [3.8, 4) is 0 Å². The third kappa shape index (κ3) is 3.50. The van der Waals surface area contributed by atoms with Crippen LogP contribution in [0.3, 0.4) is 0 Å². The molecule has 3 nitrogen and oxygen atoms in total. The van der Waals surface area contributed by atoms with Crippen LogP contribution in [0.25, 0.3) is 0 Å². The molecule has 0 aliphatic rings. The van der Waals surface area contributed by atoms with Crippen LogP contribution in [0.2, 0.25) is 0 Å². The molecule has 1 aromatic rings. The highest BCUT2D eigenvalue weighted by Gasteiger charge is 2.35. The van der Waals surface area contributed by atoms with Crippen molar-refractivity contribution in [2.45, 2.75) is 39.8 Å². The van der Waals surface area contributed by atoms with Gasteiger partial charge in [-0.3, -0.25) is 11.3 Å². The quantitative estimate of drug-likeness (QED) is 0.498. The van der Waals surface area contributed by atoms with Crippen molar-refractivity contribution in [1.29, 1.82) is 0 Å². The van der Waals surface area contributed by atoms with Crippen molar-refractivity contribution in [2.75, 3.05) is 6.61 Å². The maximum absolute atomic E-state index is 13.9. The predicted molar refractivity (Wildman–Crippen MR) is 71.2 cm³/mol. The number of hydrogen-bond donors (Lipinski definition) is 2. The smallest absolute Gasteiger partial charge is 0.194 e. The fraction of sp³-hybridized carbons (Fsp3) is 0.571. The van der Waals surface area contributed by atoms with Gasteiger partial charge >= 0.3 is 0 Å². The number of benzene rings is 1. The Labute approximate surface area is 117 Å². The maximum atomic E-state index is 13.9. The molecule has 2 atom stereocenters. The average Bonchev–Trinajstić information content (AvgIpc) is 2.37. The highest BCUT2D eigenvalue weighted by molar-refractivity contribution is 5.25. The van der Waals surface area contributed by atoms with Crippen LogP contribution >= 0.6 is 0 Å². The summed E-state index contributed by atoms with van der Waals surface area (Å²) in [4.78, 5) is 0. The molecule has 0 aromatic heterocycles. The lowest BCUT2D eigenvalue weighted by molar-refractivity contribution is -0.0374. The molecule has 114 valence electrons. The second kappa shape index (κ2) is 6.56. The van der Waals surface area contributed by atoms with E-state index >= 15 is 0 Å². The van der Waals surface area contributed by atoms with Crippen LogP contribution in [-0.4, -0.2) is 12.7 Å². The predicted octanol–water partition coefficient (Wildman–Crippen LogP) is 3.06. The maximum Gasteiger partial charge on any atom is 0.194 e. The molecule has 0 heterocycles. The molecule has 0 saturated carbocycles. The summed E-state index contributed by atoms with van der Waals surface area (Å²) in [7, 11) is 0. The molecule has 0 radical (unpaired) electrons. The Morgan fingerprint density at radius 2 is 1.80 bits per heavy atom. The zero-order valence-electron chi connectivity index (χ0n) is 12.1. The van der Waals surface area contributed by atoms with Crippen LogP contribution in [0, 0.1) is 22.9 Å². The molecule has 3 N–H and O–H groups in total. The first kappa shape index (κ1) is 16.9. The number of nitrogens with two attached hydrogens (primary N) is 1. The molecule has 0 fully saturated rings. The number of rotatable bonds is 5. The fourth-order valence-electron chi connectivity index (χ4n) is 2.15. The van der Waals surface area contributed by atoms with Gasteiger partial charge in [0.15, 0.2) is 17.5 Å². The minimum absolute atomic E-state index is 0.0558. The third-order valence-electron chi connectivity index (χ3n) is 3.08. The van der Waals surface area contributed by atoms with Gasteiger partial charge in [0.2, 0.25) is 0 Å². The van der Waals surface area contributed by atoms with Crippen molar-refractivity contribution >= 4 is 0 Å². The van der Waals surface area contributed by atoms with Gasteiger partial charge in [0, 0.05) is 12.2 Å². The number of ether oxygens (including phenoxy) is 1. The van der Waals surface area contributed by atoms with Gasteiger partial charge in [-0.2, -0.15) is 0 Å². The van der Waals surface area contributed by atoms with E-state index in [4.69, 9.17) is 10.6 Å². The lowest BCUT2D eigenvalue weighted by Crippen LogP contribution is -2.45. The molecule has 0 bridgehead atoms. The molecule has 0 saturated heterocycles. The SMILES string of the molecule is CCOC(C(NN)c1ccc(F)c(F)c1F)C(C)(C)C. The molecule has 0 amide bonds. The monoisotopic (exact) mass is 290 g/mol. The summed E-state index contributed by atoms with van der Waals surface area (Å²) in [6.07, 6.45) is -0.503. The third-order valence-corrected chi connectivity index (χ3v) is 3.08. The summed E-state index contributed by atoms with van der Waals surface area (Å²) in [5.74, 6) is 1.49. The largest absolute Gasteiger partial charge is 0.376 e. The molecular formula is C14H21F3N2O. The van der Waals surface area contributed by atoms with Crippen LogP contribution in [0.4, 0.5) is 13.2 Å². The van der Waals surface area contributed by atoms with Gasteiger partial charge in [0.25, 0.3) is 0 Å². The van der Waals surface area contributed by atoms with Crippen LogP contribution in [0.15, 0.2) is 12.1 Å². The van der Waals surface area contributed by atoms with E-state index in [1.54, 1.807) is 6.92 Å². The van der Waals surface area contributed by atoms with E-state index in [0.29, 0.717) is 6.61 Å². The van der Waals surface area contributed by atoms with Gasteiger partial charge in [-0.1, -0.05) is 26.8 Å². The number of halogens is 3. The lowest BCUT2D eigenvalue weighted by Gasteiger charge is -2.36. The minimum Gasteiger partial charge on any atom is -0.376 e. The van der Waals surface area contributed by atoms with Crippen molar-refractivity contribution in [3.05, 3.63) is 35.1 Å². The standard InChI is InChI=1S/C14H21F3N2O/c1-5-20-13(14(2,3)4)12(19-18)8-6-7-9(15)11(17)10(8)16/h6-7,12-13,19H,5,18H2,1-4H3. The van der Waals surface area contributed by atoms with Crippen molar-refractivity contribution in [3.63, 3.8) is 0 Å². The molecule has 0 aliphatic carbocycles. The first-order chi connectivity index (χ1) is 9.23. The lowest BCUT2D eigenvalue weighted by atomic mass is 9.82. The zero-order chi connectivity index (χ0) is 15.5. The Balaban J connectivity index is 3.27. The van der Waals surface area contributed by atoms with E-state index in [1.165, 1.54) is 6.07 Å². The first-order valence-corrected chi connectivity index (χ1v) is 6.45. The normalized spacial score (nSPS) is 15.2. The van der Waals surface area contributed by atoms with Crippen molar-refractivity contribution in [1.82, 2.24) is 5.43 Å². The highest BCUT2D eigenvalue weighted by atomic mass is 19.2. The Kier molecular flexibility index (Phi) is 5.56. The minimum atomic E-state index is -1.51. The van der Waals surface area contributed by atoms with E-state index in [-0.39, 0.29) is 11.0 Å². The van der Waals surface area contributed by atoms with Gasteiger partial charge in [-0.25, -0.2) is 13.2 Å². The second-order valence-corrected chi connectivity index (χ2v) is 5.65. The fourth-order valence-corrected chi connectivity index (χ4v) is 2.15. The summed E-state index contributed by atoms with van der Waals surface area (Å²) in [6, 6.07) is 1.27. The summed E-state index contributed by atoms with van der Waals surface area (Å²) in [6.45, 7) is 7.89. The van der Waals surface area contributed by atoms with E-state index in [1.807, 2.05) is 20.8 Å². The van der Waals surface area contributed by atoms with Gasteiger partial charge in [0.1, 0.15) is 0 Å². The van der Waals surface area contributed by atoms with Crippen molar-refractivity contribution in [2.24, 2.45) is 11.3 Å². The molecule has 1 aromatic carbocycles. The summed E-state index contributed by atoms with van der Waals surface area (Å²) in [5.41, 5.74) is 2.02. The highest BCUT2D eigenvalue weighted by Crippen LogP contribution is 2.34. The van der Waals surface area contributed by atoms with Gasteiger partial charge in [-0.05, 0) is 18.4 Å². The Morgan fingerprint density at radius 1 is 1.20 bits per heavy atom. The summed E-state index contributed by atoms with van der Waals surface area (Å²) >= 11 is 0. The average molecular weight is 290 g/mol. The Bertz CT molecular complexity index is 460. The molecule has 0 aliphatic heterocycles. The zero-order valence-corrected chi connectivity index (χ0v) is 12.1. The molecular weight excluding hydrogens is 269 g/mol. The Morgan fingerprint density at radius 3 is 2.25 bits per heavy atom. The van der Waals surface area contributed by atoms with Gasteiger partial charge in [-0.15, -0.1) is 0 Å². The van der Waals surface area contributed by atoms with Crippen LogP contribution in [-0.2, 0) is 4.74 Å². The Hall–Kier alpha value is -1.11. The van der Waals surface area contributed by atoms with Gasteiger partial charge < -0.3 is 4.74 Å². The number of nitrogens with one attached hydrogen (secondary N) is 1. The van der Waals surface area contributed by atoms with E-state index in [0.717, 1.165) is 6.07 Å². The molecule has 1 rings (SSSR count). The molecule has 6 heteroatoms. The first-order valence-electron chi connectivity index (χ1n) is 6.45. The molecule has 20 heavy (non-hydrogen) atoms. The number of hydrogen-bond acceptors (Lipinski definition) is 3. The topological polar surface area (TPSA) is 47.3 Å². The van der Waals surface area contributed by atoms with Crippen LogP contribution < -0.4 is 11.3 Å². The molecule has 2 unspecified atom stereocenters. The van der Waals surface area contributed by atoms with E-state index in [9.17, 15) is 13.2 Å². The van der Waals surface area contributed by atoms with E-state index in [2.05, 4.69) is 5.43 Å². The van der Waals surface area contributed by atoms with Crippen molar-refractivity contribution < 1.29 is 17.9 Å². The number of hydrazine groups is 1.